The summed E-state index contributed by atoms with van der Waals surface area (Å²) in [5.74, 6) is -0.343. The maximum Gasteiger partial charge on any atom is 0.338 e. The molecule has 0 spiro atoms. The number of ether oxygens (including phenoxy) is 1. The van der Waals surface area contributed by atoms with Crippen molar-refractivity contribution >= 4 is 38.9 Å². The van der Waals surface area contributed by atoms with Gasteiger partial charge >= 0.3 is 5.97 Å². The summed E-state index contributed by atoms with van der Waals surface area (Å²) in [6, 6.07) is 5.51. The second kappa shape index (κ2) is 5.75. The quantitative estimate of drug-likeness (QED) is 0.677. The summed E-state index contributed by atoms with van der Waals surface area (Å²) in [6.07, 6.45) is 0. The molecule has 19 heavy (non-hydrogen) atoms. The van der Waals surface area contributed by atoms with E-state index >= 15 is 0 Å². The lowest BCUT2D eigenvalue weighted by Crippen LogP contribution is -2.08. The van der Waals surface area contributed by atoms with Gasteiger partial charge in [0.1, 0.15) is 6.61 Å². The summed E-state index contributed by atoms with van der Waals surface area (Å²) >= 11 is 4.96. The van der Waals surface area contributed by atoms with Crippen LogP contribution in [0, 0.1) is 13.8 Å². The third kappa shape index (κ3) is 3.16. The van der Waals surface area contributed by atoms with Crippen molar-refractivity contribution in [1.29, 1.82) is 0 Å². The number of hydrogen-bond donors (Lipinski definition) is 1. The monoisotopic (exact) mass is 339 g/mol. The van der Waals surface area contributed by atoms with Crippen molar-refractivity contribution in [2.75, 3.05) is 5.73 Å². The number of aryl methyl sites for hydroxylation is 2. The van der Waals surface area contributed by atoms with Crippen LogP contribution in [-0.4, -0.2) is 5.97 Å². The first-order valence-electron chi connectivity index (χ1n) is 5.74. The van der Waals surface area contributed by atoms with Crippen LogP contribution in [0.15, 0.2) is 28.1 Å². The van der Waals surface area contributed by atoms with Crippen LogP contribution in [0.2, 0.25) is 0 Å². The van der Waals surface area contributed by atoms with E-state index in [0.29, 0.717) is 11.3 Å². The number of anilines is 1. The van der Waals surface area contributed by atoms with Crippen LogP contribution in [0.4, 0.5) is 5.69 Å². The molecule has 0 fully saturated rings. The molecular formula is C14H14BrNO2S. The standard InChI is InChI=1S/C14H14BrNO2S/c1-8-5-9(2)12(16)6-10(8)14(17)18-7-13-11(15)3-4-19-13/h3-6H,7,16H2,1-2H3. The highest BCUT2D eigenvalue weighted by atomic mass is 79.9. The molecule has 0 aliphatic heterocycles. The third-order valence-corrected chi connectivity index (χ3v) is 4.76. The molecule has 2 aromatic rings. The molecule has 0 aliphatic carbocycles. The highest BCUT2D eigenvalue weighted by molar-refractivity contribution is 9.10. The number of benzene rings is 1. The summed E-state index contributed by atoms with van der Waals surface area (Å²) in [7, 11) is 0. The molecule has 3 nitrogen and oxygen atoms in total. The number of esters is 1. The first-order valence-corrected chi connectivity index (χ1v) is 7.42. The van der Waals surface area contributed by atoms with Gasteiger partial charge in [0.2, 0.25) is 0 Å². The number of hydrogen-bond acceptors (Lipinski definition) is 4. The molecule has 2 N–H and O–H groups in total. The molecule has 0 unspecified atom stereocenters. The van der Waals surface area contributed by atoms with E-state index in [-0.39, 0.29) is 12.6 Å². The third-order valence-electron chi connectivity index (χ3n) is 2.86. The second-order valence-electron chi connectivity index (χ2n) is 4.29. The van der Waals surface area contributed by atoms with E-state index in [9.17, 15) is 4.79 Å². The minimum Gasteiger partial charge on any atom is -0.456 e. The van der Waals surface area contributed by atoms with Crippen LogP contribution < -0.4 is 5.73 Å². The molecule has 1 aromatic heterocycles. The van der Waals surface area contributed by atoms with Crippen molar-refractivity contribution in [2.24, 2.45) is 0 Å². The Labute approximate surface area is 124 Å². The summed E-state index contributed by atoms with van der Waals surface area (Å²) in [6.45, 7) is 4.06. The lowest BCUT2D eigenvalue weighted by molar-refractivity contribution is 0.0475. The lowest BCUT2D eigenvalue weighted by atomic mass is 10.0. The molecule has 0 atom stereocenters. The molecule has 0 bridgehead atoms. The molecule has 0 amide bonds. The van der Waals surface area contributed by atoms with Gasteiger partial charge in [0.05, 0.1) is 10.4 Å². The highest BCUT2D eigenvalue weighted by Crippen LogP contribution is 2.24. The fraction of sp³-hybridized carbons (Fsp3) is 0.214. The van der Waals surface area contributed by atoms with Gasteiger partial charge in [0, 0.05) is 10.2 Å². The number of carbonyl (C=O) groups excluding carboxylic acids is 1. The van der Waals surface area contributed by atoms with Gasteiger partial charge in [-0.1, -0.05) is 6.07 Å². The fourth-order valence-electron chi connectivity index (χ4n) is 1.73. The van der Waals surface area contributed by atoms with Gasteiger partial charge in [-0.25, -0.2) is 4.79 Å². The Hall–Kier alpha value is -1.33. The number of thiophene rings is 1. The smallest absolute Gasteiger partial charge is 0.338 e. The van der Waals surface area contributed by atoms with Crippen molar-refractivity contribution < 1.29 is 9.53 Å². The van der Waals surface area contributed by atoms with Crippen LogP contribution in [0.25, 0.3) is 0 Å². The zero-order chi connectivity index (χ0) is 14.0. The predicted molar refractivity (Wildman–Crippen MR) is 81.5 cm³/mol. The van der Waals surface area contributed by atoms with Crippen LogP contribution in [0.5, 0.6) is 0 Å². The number of halogens is 1. The molecular weight excluding hydrogens is 326 g/mol. The van der Waals surface area contributed by atoms with Crippen molar-refractivity contribution in [2.45, 2.75) is 20.5 Å². The highest BCUT2D eigenvalue weighted by Gasteiger charge is 2.13. The van der Waals surface area contributed by atoms with E-state index in [2.05, 4.69) is 15.9 Å². The number of carbonyl (C=O) groups is 1. The normalized spacial score (nSPS) is 10.5. The molecule has 0 saturated carbocycles. The van der Waals surface area contributed by atoms with Crippen molar-refractivity contribution in [3.8, 4) is 0 Å². The van der Waals surface area contributed by atoms with Crippen LogP contribution >= 0.6 is 27.3 Å². The molecule has 5 heteroatoms. The average molecular weight is 340 g/mol. The largest absolute Gasteiger partial charge is 0.456 e. The predicted octanol–water partition coefficient (Wildman–Crippen LogP) is 4.07. The fourth-order valence-corrected chi connectivity index (χ4v) is 3.10. The Morgan fingerprint density at radius 2 is 2.11 bits per heavy atom. The zero-order valence-corrected chi connectivity index (χ0v) is 13.1. The molecule has 100 valence electrons. The molecule has 0 aliphatic rings. The topological polar surface area (TPSA) is 52.3 Å². The average Bonchev–Trinajstić information content (AvgIpc) is 2.76. The first kappa shape index (κ1) is 14.1. The Kier molecular flexibility index (Phi) is 4.27. The Morgan fingerprint density at radius 3 is 2.74 bits per heavy atom. The number of nitrogen functional groups attached to an aromatic ring is 1. The van der Waals surface area contributed by atoms with Gasteiger partial charge in [-0.05, 0) is 58.4 Å². The summed E-state index contributed by atoms with van der Waals surface area (Å²) < 4.78 is 6.28. The molecule has 2 rings (SSSR count). The summed E-state index contributed by atoms with van der Waals surface area (Å²) in [5.41, 5.74) is 8.80. The Bertz CT molecular complexity index is 622. The second-order valence-corrected chi connectivity index (χ2v) is 6.15. The molecule has 0 saturated heterocycles. The van der Waals surface area contributed by atoms with E-state index in [1.54, 1.807) is 17.4 Å². The Morgan fingerprint density at radius 1 is 1.37 bits per heavy atom. The van der Waals surface area contributed by atoms with E-state index < -0.39 is 0 Å². The van der Waals surface area contributed by atoms with Crippen molar-refractivity contribution in [1.82, 2.24) is 0 Å². The summed E-state index contributed by atoms with van der Waals surface area (Å²) in [4.78, 5) is 13.0. The summed E-state index contributed by atoms with van der Waals surface area (Å²) in [5, 5.41) is 1.95. The maximum atomic E-state index is 12.0. The minimum atomic E-state index is -0.343. The van der Waals surface area contributed by atoms with E-state index in [0.717, 1.165) is 20.5 Å². The number of rotatable bonds is 3. The Balaban J connectivity index is 2.12. The van der Waals surface area contributed by atoms with Gasteiger partial charge in [-0.2, -0.15) is 0 Å². The zero-order valence-electron chi connectivity index (χ0n) is 10.7. The van der Waals surface area contributed by atoms with Crippen molar-refractivity contribution in [3.63, 3.8) is 0 Å². The lowest BCUT2D eigenvalue weighted by Gasteiger charge is -2.09. The SMILES string of the molecule is Cc1cc(C)c(C(=O)OCc2sccc2Br)cc1N. The molecule has 1 aromatic carbocycles. The van der Waals surface area contributed by atoms with Crippen molar-refractivity contribution in [3.05, 3.63) is 49.6 Å². The van der Waals surface area contributed by atoms with Crippen LogP contribution in [-0.2, 0) is 11.3 Å². The first-order chi connectivity index (χ1) is 8.99. The van der Waals surface area contributed by atoms with Gasteiger partial charge in [0.25, 0.3) is 0 Å². The van der Waals surface area contributed by atoms with Crippen LogP contribution in [0.1, 0.15) is 26.4 Å². The van der Waals surface area contributed by atoms with E-state index in [1.807, 2.05) is 31.4 Å². The van der Waals surface area contributed by atoms with Gasteiger partial charge in [-0.3, -0.25) is 0 Å². The van der Waals surface area contributed by atoms with Crippen LogP contribution in [0.3, 0.4) is 0 Å². The van der Waals surface area contributed by atoms with E-state index in [4.69, 9.17) is 10.5 Å². The molecule has 1 heterocycles. The minimum absolute atomic E-state index is 0.268. The van der Waals surface area contributed by atoms with E-state index in [1.165, 1.54) is 0 Å². The number of nitrogens with two attached hydrogens (primary N) is 1. The molecule has 0 radical (unpaired) electrons. The van der Waals surface area contributed by atoms with Gasteiger partial charge < -0.3 is 10.5 Å². The van der Waals surface area contributed by atoms with Gasteiger partial charge in [-0.15, -0.1) is 11.3 Å². The van der Waals surface area contributed by atoms with Gasteiger partial charge in [0.15, 0.2) is 0 Å². The maximum absolute atomic E-state index is 12.0.